The lowest BCUT2D eigenvalue weighted by atomic mass is 9.84. The molecule has 1 atom stereocenters. The number of imidazole rings is 1. The molecule has 5 rings (SSSR count). The van der Waals surface area contributed by atoms with Crippen LogP contribution in [-0.2, 0) is 6.54 Å². The maximum absolute atomic E-state index is 14.0. The first-order valence-corrected chi connectivity index (χ1v) is 13.7. The topological polar surface area (TPSA) is 88.9 Å². The summed E-state index contributed by atoms with van der Waals surface area (Å²) in [5, 5.41) is 14.7. The van der Waals surface area contributed by atoms with Crippen molar-refractivity contribution in [2.75, 3.05) is 33.4 Å². The number of nitrogens with zero attached hydrogens (tertiary/aromatic N) is 3. The van der Waals surface area contributed by atoms with Gasteiger partial charge in [0.05, 0.1) is 37.9 Å². The third kappa shape index (κ3) is 5.87. The van der Waals surface area contributed by atoms with Crippen LogP contribution in [0.1, 0.15) is 49.0 Å². The monoisotopic (exact) mass is 518 g/mol. The van der Waals surface area contributed by atoms with Crippen LogP contribution in [0, 0.1) is 0 Å². The van der Waals surface area contributed by atoms with Crippen molar-refractivity contribution >= 4 is 5.91 Å². The van der Waals surface area contributed by atoms with Gasteiger partial charge in [-0.25, -0.2) is 4.98 Å². The van der Waals surface area contributed by atoms with Gasteiger partial charge in [0.25, 0.3) is 5.91 Å². The van der Waals surface area contributed by atoms with E-state index in [2.05, 4.69) is 10.3 Å². The lowest BCUT2D eigenvalue weighted by molar-refractivity contribution is -0.0111. The van der Waals surface area contributed by atoms with Gasteiger partial charge in [0, 0.05) is 37.7 Å². The summed E-state index contributed by atoms with van der Waals surface area (Å²) in [6.45, 7) is 2.93. The Hall–Kier alpha value is -3.36. The van der Waals surface area contributed by atoms with Crippen molar-refractivity contribution in [2.45, 2.75) is 56.7 Å². The normalized spacial score (nSPS) is 19.2. The average molecular weight is 519 g/mol. The second-order valence-corrected chi connectivity index (χ2v) is 10.4. The van der Waals surface area contributed by atoms with E-state index in [1.165, 1.54) is 0 Å². The molecule has 1 saturated heterocycles. The molecule has 2 N–H and O–H groups in total. The lowest BCUT2D eigenvalue weighted by Gasteiger charge is -2.36. The van der Waals surface area contributed by atoms with Crippen LogP contribution in [0.4, 0.5) is 0 Å². The second-order valence-electron chi connectivity index (χ2n) is 10.4. The van der Waals surface area contributed by atoms with E-state index in [1.54, 1.807) is 13.4 Å². The number of rotatable bonds is 9. The molecule has 202 valence electrons. The summed E-state index contributed by atoms with van der Waals surface area (Å²) >= 11 is 0. The summed E-state index contributed by atoms with van der Waals surface area (Å²) in [7, 11) is 1.63. The first-order chi connectivity index (χ1) is 18.6. The lowest BCUT2D eigenvalue weighted by Crippen LogP contribution is -2.54. The van der Waals surface area contributed by atoms with Gasteiger partial charge in [0.2, 0.25) is 0 Å². The molecule has 2 aromatic carbocycles. The average Bonchev–Trinajstić information content (AvgIpc) is 3.36. The third-order valence-electron chi connectivity index (χ3n) is 7.73. The van der Waals surface area contributed by atoms with Crippen molar-refractivity contribution in [3.05, 3.63) is 66.6 Å². The van der Waals surface area contributed by atoms with Gasteiger partial charge >= 0.3 is 0 Å². The number of piperazine rings is 1. The van der Waals surface area contributed by atoms with Gasteiger partial charge in [-0.1, -0.05) is 61.7 Å². The Labute approximate surface area is 224 Å². The zero-order valence-corrected chi connectivity index (χ0v) is 22.1. The van der Waals surface area contributed by atoms with Crippen LogP contribution < -0.4 is 14.8 Å². The maximum atomic E-state index is 14.0. The summed E-state index contributed by atoms with van der Waals surface area (Å²) in [5.74, 6) is 1.31. The zero-order chi connectivity index (χ0) is 26.4. The number of ether oxygens (including phenoxy) is 2. The molecule has 1 aliphatic heterocycles. The summed E-state index contributed by atoms with van der Waals surface area (Å²) in [6.07, 6.45) is 7.16. The van der Waals surface area contributed by atoms with Crippen molar-refractivity contribution < 1.29 is 19.4 Å². The van der Waals surface area contributed by atoms with Gasteiger partial charge in [-0.2, -0.15) is 0 Å². The number of nitrogens with one attached hydrogen (secondary N) is 1. The van der Waals surface area contributed by atoms with Crippen molar-refractivity contribution in [2.24, 2.45) is 0 Å². The first-order valence-electron chi connectivity index (χ1n) is 13.7. The molecular weight excluding hydrogens is 480 g/mol. The van der Waals surface area contributed by atoms with Crippen molar-refractivity contribution in [1.29, 1.82) is 0 Å². The molecule has 2 heterocycles. The molecule has 2 aliphatic rings. The highest BCUT2D eigenvalue weighted by atomic mass is 16.5. The van der Waals surface area contributed by atoms with Crippen molar-refractivity contribution in [3.8, 4) is 22.8 Å². The molecule has 1 aromatic heterocycles. The minimum Gasteiger partial charge on any atom is -0.493 e. The van der Waals surface area contributed by atoms with Gasteiger partial charge in [0.1, 0.15) is 0 Å². The number of carbonyl (C=O) groups excluding carboxylic acids is 1. The quantitative estimate of drug-likeness (QED) is 0.443. The molecule has 1 amide bonds. The number of aliphatic hydroxyl groups is 1. The molecule has 0 radical (unpaired) electrons. The predicted molar refractivity (Wildman–Crippen MR) is 146 cm³/mol. The fourth-order valence-electron chi connectivity index (χ4n) is 5.71. The molecular formula is C30H38N4O4. The Morgan fingerprint density at radius 2 is 1.82 bits per heavy atom. The van der Waals surface area contributed by atoms with E-state index in [-0.39, 0.29) is 11.9 Å². The molecule has 8 nitrogen and oxygen atoms in total. The smallest absolute Gasteiger partial charge is 0.275 e. The van der Waals surface area contributed by atoms with Gasteiger partial charge in [-0.15, -0.1) is 0 Å². The maximum Gasteiger partial charge on any atom is 0.275 e. The molecule has 1 unspecified atom stereocenters. The number of aromatic nitrogens is 2. The molecule has 0 spiro atoms. The van der Waals surface area contributed by atoms with E-state index in [4.69, 9.17) is 9.47 Å². The summed E-state index contributed by atoms with van der Waals surface area (Å²) in [5.41, 5.74) is 1.38. The number of para-hydroxylation sites is 2. The van der Waals surface area contributed by atoms with Gasteiger partial charge < -0.3 is 29.4 Å². The van der Waals surface area contributed by atoms with Crippen LogP contribution in [0.3, 0.4) is 0 Å². The molecule has 3 aromatic rings. The van der Waals surface area contributed by atoms with E-state index in [0.717, 1.165) is 49.9 Å². The van der Waals surface area contributed by atoms with Crippen LogP contribution in [0.25, 0.3) is 11.3 Å². The number of methoxy groups -OCH3 is 1. The van der Waals surface area contributed by atoms with Gasteiger partial charge in [-0.05, 0) is 25.0 Å². The SMILES string of the molecule is COc1ccccc1OCCC1CNCCN1C(=O)c1ncn(CC2(O)CCCCC2)c1-c1ccccc1. The largest absolute Gasteiger partial charge is 0.493 e. The van der Waals surface area contributed by atoms with Crippen LogP contribution >= 0.6 is 0 Å². The fourth-order valence-corrected chi connectivity index (χ4v) is 5.71. The number of amides is 1. The van der Waals surface area contributed by atoms with E-state index in [0.29, 0.717) is 49.9 Å². The zero-order valence-electron chi connectivity index (χ0n) is 22.1. The van der Waals surface area contributed by atoms with Crippen LogP contribution in [-0.4, -0.2) is 70.5 Å². The van der Waals surface area contributed by atoms with Crippen LogP contribution in [0.5, 0.6) is 11.5 Å². The van der Waals surface area contributed by atoms with Crippen LogP contribution in [0.15, 0.2) is 60.9 Å². The predicted octanol–water partition coefficient (Wildman–Crippen LogP) is 4.14. The first kappa shape index (κ1) is 26.3. The fraction of sp³-hybridized carbons (Fsp3) is 0.467. The van der Waals surface area contributed by atoms with Crippen molar-refractivity contribution in [3.63, 3.8) is 0 Å². The number of benzene rings is 2. The highest BCUT2D eigenvalue weighted by Gasteiger charge is 2.34. The van der Waals surface area contributed by atoms with E-state index in [9.17, 15) is 9.90 Å². The highest BCUT2D eigenvalue weighted by molar-refractivity contribution is 5.98. The Kier molecular flexibility index (Phi) is 8.29. The summed E-state index contributed by atoms with van der Waals surface area (Å²) in [6, 6.07) is 17.5. The summed E-state index contributed by atoms with van der Waals surface area (Å²) in [4.78, 5) is 20.6. The minimum absolute atomic E-state index is 0.0257. The molecule has 0 bridgehead atoms. The third-order valence-corrected chi connectivity index (χ3v) is 7.73. The van der Waals surface area contributed by atoms with E-state index < -0.39 is 5.60 Å². The Bertz CT molecular complexity index is 1210. The Balaban J connectivity index is 1.36. The second kappa shape index (κ2) is 12.0. The van der Waals surface area contributed by atoms with Gasteiger partial charge in [-0.3, -0.25) is 4.79 Å². The Morgan fingerprint density at radius 3 is 2.58 bits per heavy atom. The standard InChI is InChI=1S/C30H38N4O4/c1-37-25-12-6-7-13-26(25)38-19-14-24-20-31-17-18-34(24)29(35)27-28(23-10-4-2-5-11-23)33(22-32-27)21-30(36)15-8-3-9-16-30/h2,4-7,10-13,22,24,31,36H,3,8-9,14-21H2,1H3. The number of hydrogen-bond donors (Lipinski definition) is 2. The molecule has 2 fully saturated rings. The molecule has 1 aliphatic carbocycles. The minimum atomic E-state index is -0.768. The van der Waals surface area contributed by atoms with Crippen molar-refractivity contribution in [1.82, 2.24) is 19.8 Å². The van der Waals surface area contributed by atoms with Gasteiger partial charge in [0.15, 0.2) is 17.2 Å². The van der Waals surface area contributed by atoms with E-state index in [1.807, 2.05) is 64.1 Å². The highest BCUT2D eigenvalue weighted by Crippen LogP contribution is 2.33. The number of carbonyl (C=O) groups is 1. The van der Waals surface area contributed by atoms with E-state index >= 15 is 0 Å². The Morgan fingerprint density at radius 1 is 1.08 bits per heavy atom. The summed E-state index contributed by atoms with van der Waals surface area (Å²) < 4.78 is 13.4. The van der Waals surface area contributed by atoms with Crippen LogP contribution in [0.2, 0.25) is 0 Å². The molecule has 8 heteroatoms. The molecule has 38 heavy (non-hydrogen) atoms. The molecule has 1 saturated carbocycles. The number of hydrogen-bond acceptors (Lipinski definition) is 6.